The van der Waals surface area contributed by atoms with Crippen molar-refractivity contribution in [2.45, 2.75) is 12.2 Å². The molecule has 0 aliphatic carbocycles. The molecule has 0 aromatic heterocycles. The predicted octanol–water partition coefficient (Wildman–Crippen LogP) is 3.52. The van der Waals surface area contributed by atoms with Gasteiger partial charge in [0.15, 0.2) is 11.5 Å². The van der Waals surface area contributed by atoms with Gasteiger partial charge in [-0.2, -0.15) is 0 Å². The van der Waals surface area contributed by atoms with Crippen molar-refractivity contribution in [3.8, 4) is 11.5 Å². The van der Waals surface area contributed by atoms with Gasteiger partial charge in [-0.05, 0) is 23.3 Å². The van der Waals surface area contributed by atoms with Crippen LogP contribution in [0.4, 0.5) is 0 Å². The highest BCUT2D eigenvalue weighted by atomic mass is 16.6. The molecule has 3 rings (SSSR count). The quantitative estimate of drug-likeness (QED) is 0.784. The first kappa shape index (κ1) is 12.1. The summed E-state index contributed by atoms with van der Waals surface area (Å²) in [6.07, 6.45) is 0.265. The van der Waals surface area contributed by atoms with Crippen LogP contribution in [0.15, 0.2) is 48.5 Å². The fourth-order valence-electron chi connectivity index (χ4n) is 2.29. The zero-order chi connectivity index (χ0) is 13.2. The summed E-state index contributed by atoms with van der Waals surface area (Å²) in [6.45, 7) is 0. The van der Waals surface area contributed by atoms with Crippen molar-refractivity contribution in [3.63, 3.8) is 0 Å². The highest BCUT2D eigenvalue weighted by molar-refractivity contribution is 5.45. The minimum atomic E-state index is 0.113. The lowest BCUT2D eigenvalue weighted by Gasteiger charge is -2.08. The van der Waals surface area contributed by atoms with Crippen molar-refractivity contribution < 1.29 is 14.2 Å². The average molecular weight is 256 g/mol. The molecule has 0 N–H and O–H groups in total. The van der Waals surface area contributed by atoms with Gasteiger partial charge in [-0.3, -0.25) is 0 Å². The van der Waals surface area contributed by atoms with E-state index in [4.69, 9.17) is 14.2 Å². The van der Waals surface area contributed by atoms with Crippen LogP contribution in [-0.4, -0.2) is 14.2 Å². The Labute approximate surface area is 112 Å². The second-order valence-corrected chi connectivity index (χ2v) is 4.50. The molecule has 0 saturated carbocycles. The summed E-state index contributed by atoms with van der Waals surface area (Å²) in [5, 5.41) is 0. The minimum absolute atomic E-state index is 0.113. The summed E-state index contributed by atoms with van der Waals surface area (Å²) in [6, 6.07) is 16.2. The molecular weight excluding hydrogens is 240 g/mol. The normalized spacial score (nSPS) is 20.9. The van der Waals surface area contributed by atoms with E-state index in [1.807, 2.05) is 36.4 Å². The lowest BCUT2D eigenvalue weighted by molar-refractivity contribution is 0.352. The Bertz CT molecular complexity index is 565. The number of hydrogen-bond acceptors (Lipinski definition) is 3. The summed E-state index contributed by atoms with van der Waals surface area (Å²) >= 11 is 0. The Morgan fingerprint density at radius 3 is 2.16 bits per heavy atom. The molecule has 0 unspecified atom stereocenters. The topological polar surface area (TPSA) is 31.0 Å². The number of epoxide rings is 1. The number of methoxy groups -OCH3 is 2. The number of benzene rings is 2. The average Bonchev–Trinajstić information content (AvgIpc) is 3.28. The van der Waals surface area contributed by atoms with Crippen LogP contribution in [0.1, 0.15) is 23.3 Å². The molecule has 1 fully saturated rings. The second-order valence-electron chi connectivity index (χ2n) is 4.50. The summed E-state index contributed by atoms with van der Waals surface area (Å²) in [5.74, 6) is 1.48. The Morgan fingerprint density at radius 1 is 0.789 bits per heavy atom. The van der Waals surface area contributed by atoms with E-state index in [0.29, 0.717) is 0 Å². The van der Waals surface area contributed by atoms with E-state index in [-0.39, 0.29) is 12.2 Å². The van der Waals surface area contributed by atoms with Gasteiger partial charge in [-0.1, -0.05) is 36.4 Å². The molecule has 0 bridgehead atoms. The molecule has 2 atom stereocenters. The largest absolute Gasteiger partial charge is 0.493 e. The van der Waals surface area contributed by atoms with E-state index in [1.54, 1.807) is 14.2 Å². The first-order chi connectivity index (χ1) is 9.33. The molecule has 1 aliphatic rings. The molecule has 3 nitrogen and oxygen atoms in total. The van der Waals surface area contributed by atoms with Crippen LogP contribution in [0.3, 0.4) is 0 Å². The van der Waals surface area contributed by atoms with Crippen molar-refractivity contribution >= 4 is 0 Å². The Balaban J connectivity index is 1.82. The Kier molecular flexibility index (Phi) is 3.13. The van der Waals surface area contributed by atoms with Crippen molar-refractivity contribution in [2.24, 2.45) is 0 Å². The molecule has 0 amide bonds. The molecular formula is C16H16O3. The van der Waals surface area contributed by atoms with Crippen LogP contribution in [0.2, 0.25) is 0 Å². The van der Waals surface area contributed by atoms with E-state index >= 15 is 0 Å². The van der Waals surface area contributed by atoms with E-state index in [9.17, 15) is 0 Å². The molecule has 2 aromatic rings. The van der Waals surface area contributed by atoms with Gasteiger partial charge in [-0.15, -0.1) is 0 Å². The number of ether oxygens (including phenoxy) is 3. The molecule has 3 heteroatoms. The van der Waals surface area contributed by atoms with Gasteiger partial charge >= 0.3 is 0 Å². The summed E-state index contributed by atoms with van der Waals surface area (Å²) in [5.41, 5.74) is 2.33. The molecule has 2 aromatic carbocycles. The second kappa shape index (κ2) is 4.94. The lowest BCUT2D eigenvalue weighted by Crippen LogP contribution is -1.92. The van der Waals surface area contributed by atoms with E-state index in [1.165, 1.54) is 5.56 Å². The van der Waals surface area contributed by atoms with Crippen LogP contribution < -0.4 is 9.47 Å². The van der Waals surface area contributed by atoms with Crippen LogP contribution in [0.25, 0.3) is 0 Å². The number of hydrogen-bond donors (Lipinski definition) is 0. The first-order valence-electron chi connectivity index (χ1n) is 6.26. The highest BCUT2D eigenvalue weighted by Gasteiger charge is 2.41. The molecule has 98 valence electrons. The molecule has 1 saturated heterocycles. The molecule has 1 aliphatic heterocycles. The zero-order valence-corrected chi connectivity index (χ0v) is 11.0. The van der Waals surface area contributed by atoms with Crippen molar-refractivity contribution in [1.82, 2.24) is 0 Å². The lowest BCUT2D eigenvalue weighted by atomic mass is 10.0. The fraction of sp³-hybridized carbons (Fsp3) is 0.250. The zero-order valence-electron chi connectivity index (χ0n) is 11.0. The summed E-state index contributed by atoms with van der Waals surface area (Å²) < 4.78 is 16.3. The SMILES string of the molecule is COc1ccc([C@@H]2O[C@H]2c2ccccc2)cc1OC. The third-order valence-electron chi connectivity index (χ3n) is 3.36. The van der Waals surface area contributed by atoms with Crippen LogP contribution in [-0.2, 0) is 4.74 Å². The molecule has 0 spiro atoms. The van der Waals surface area contributed by atoms with Gasteiger partial charge in [0.2, 0.25) is 0 Å². The van der Waals surface area contributed by atoms with Gasteiger partial charge in [0.25, 0.3) is 0 Å². The van der Waals surface area contributed by atoms with Gasteiger partial charge in [0.1, 0.15) is 12.2 Å². The van der Waals surface area contributed by atoms with Crippen molar-refractivity contribution in [1.29, 1.82) is 0 Å². The van der Waals surface area contributed by atoms with Gasteiger partial charge in [0.05, 0.1) is 14.2 Å². The van der Waals surface area contributed by atoms with Gasteiger partial charge < -0.3 is 14.2 Å². The van der Waals surface area contributed by atoms with Crippen LogP contribution in [0, 0.1) is 0 Å². The Hall–Kier alpha value is -2.00. The van der Waals surface area contributed by atoms with E-state index in [2.05, 4.69) is 12.1 Å². The summed E-state index contributed by atoms with van der Waals surface area (Å²) in [4.78, 5) is 0. The van der Waals surface area contributed by atoms with E-state index < -0.39 is 0 Å². The van der Waals surface area contributed by atoms with Crippen molar-refractivity contribution in [2.75, 3.05) is 14.2 Å². The molecule has 19 heavy (non-hydrogen) atoms. The monoisotopic (exact) mass is 256 g/mol. The predicted molar refractivity (Wildman–Crippen MR) is 72.6 cm³/mol. The number of rotatable bonds is 4. The van der Waals surface area contributed by atoms with E-state index in [0.717, 1.165) is 17.1 Å². The molecule has 1 heterocycles. The smallest absolute Gasteiger partial charge is 0.161 e. The highest BCUT2D eigenvalue weighted by Crippen LogP contribution is 2.51. The third kappa shape index (κ3) is 2.29. The summed E-state index contributed by atoms with van der Waals surface area (Å²) in [7, 11) is 3.28. The third-order valence-corrected chi connectivity index (χ3v) is 3.36. The maximum atomic E-state index is 5.77. The fourth-order valence-corrected chi connectivity index (χ4v) is 2.29. The first-order valence-corrected chi connectivity index (χ1v) is 6.26. The minimum Gasteiger partial charge on any atom is -0.493 e. The standard InChI is InChI=1S/C16H16O3/c1-17-13-9-8-12(10-14(13)18-2)16-15(19-16)11-6-4-3-5-7-11/h3-10,15-16H,1-2H3/t15-,16-/m0/s1. The maximum Gasteiger partial charge on any atom is 0.161 e. The van der Waals surface area contributed by atoms with Crippen LogP contribution >= 0.6 is 0 Å². The van der Waals surface area contributed by atoms with Crippen molar-refractivity contribution in [3.05, 3.63) is 59.7 Å². The maximum absolute atomic E-state index is 5.77. The van der Waals surface area contributed by atoms with Gasteiger partial charge in [-0.25, -0.2) is 0 Å². The van der Waals surface area contributed by atoms with Crippen LogP contribution in [0.5, 0.6) is 11.5 Å². The molecule has 0 radical (unpaired) electrons. The van der Waals surface area contributed by atoms with Gasteiger partial charge in [0, 0.05) is 0 Å². The Morgan fingerprint density at radius 2 is 1.47 bits per heavy atom.